The third-order valence-electron chi connectivity index (χ3n) is 3.57. The minimum atomic E-state index is -0.156. The van der Waals surface area contributed by atoms with Crippen molar-refractivity contribution in [2.45, 2.75) is 19.1 Å². The summed E-state index contributed by atoms with van der Waals surface area (Å²) in [4.78, 5) is 4.46. The number of hydrogen-bond acceptors (Lipinski definition) is 5. The van der Waals surface area contributed by atoms with Gasteiger partial charge in [0.2, 0.25) is 5.96 Å². The Morgan fingerprint density at radius 1 is 0.905 bits per heavy atom. The van der Waals surface area contributed by atoms with Crippen LogP contribution in [0, 0.1) is 0 Å². The maximum Gasteiger partial charge on any atom is 0.209 e. The zero-order chi connectivity index (χ0) is 14.7. The predicted octanol–water partition coefficient (Wildman–Crippen LogP) is 1.48. The summed E-state index contributed by atoms with van der Waals surface area (Å²) < 4.78 is 0. The fourth-order valence-electron chi connectivity index (χ4n) is 2.44. The van der Waals surface area contributed by atoms with Crippen molar-refractivity contribution < 1.29 is 0 Å². The van der Waals surface area contributed by atoms with Crippen LogP contribution in [0.25, 0.3) is 0 Å². The zero-order valence-corrected chi connectivity index (χ0v) is 11.8. The quantitative estimate of drug-likeness (QED) is 0.833. The van der Waals surface area contributed by atoms with Crippen LogP contribution in [0.3, 0.4) is 0 Å². The normalized spacial score (nSPS) is 18.8. The number of hydrogen-bond donors (Lipinski definition) is 2. The van der Waals surface area contributed by atoms with E-state index in [2.05, 4.69) is 17.1 Å². The molecule has 0 fully saturated rings. The topological polar surface area (TPSA) is 70.9 Å². The minimum absolute atomic E-state index is 0.156. The molecule has 0 radical (unpaired) electrons. The summed E-state index contributed by atoms with van der Waals surface area (Å²) in [6.07, 6.45) is 0.583. The first-order chi connectivity index (χ1) is 10.2. The lowest BCUT2D eigenvalue weighted by molar-refractivity contribution is 0.0178. The van der Waals surface area contributed by atoms with Crippen LogP contribution in [-0.2, 0) is 13.0 Å². The largest absolute Gasteiger partial charge is 0.369 e. The first kappa shape index (κ1) is 13.6. The predicted molar refractivity (Wildman–Crippen MR) is 83.6 cm³/mol. The minimum Gasteiger partial charge on any atom is -0.369 e. The van der Waals surface area contributed by atoms with Crippen molar-refractivity contribution in [2.75, 3.05) is 0 Å². The molecule has 0 saturated carbocycles. The summed E-state index contributed by atoms with van der Waals surface area (Å²) in [6.45, 7) is 0.623. The summed E-state index contributed by atoms with van der Waals surface area (Å²) in [5, 5.41) is 3.43. The number of hydrazine groups is 2. The van der Waals surface area contributed by atoms with Gasteiger partial charge in [0, 0.05) is 6.42 Å². The standard InChI is InChI=1S/C16H19N5/c17-16-19-15(11-13-7-3-1-4-8-13)21(18)20(16)12-14-9-5-2-6-10-14/h1-10,15H,11-12,18H2,(H2,17,19). The Morgan fingerprint density at radius 2 is 1.48 bits per heavy atom. The van der Waals surface area contributed by atoms with E-state index in [-0.39, 0.29) is 6.17 Å². The number of nitrogens with two attached hydrogens (primary N) is 2. The Bertz CT molecular complexity index is 611. The van der Waals surface area contributed by atoms with Gasteiger partial charge in [-0.05, 0) is 11.1 Å². The van der Waals surface area contributed by atoms with Crippen LogP contribution in [0.15, 0.2) is 65.7 Å². The monoisotopic (exact) mass is 281 g/mol. The Morgan fingerprint density at radius 3 is 2.10 bits per heavy atom. The third kappa shape index (κ3) is 3.04. The highest BCUT2D eigenvalue weighted by Gasteiger charge is 2.30. The van der Waals surface area contributed by atoms with Crippen molar-refractivity contribution >= 4 is 5.96 Å². The first-order valence-electron chi connectivity index (χ1n) is 6.96. The van der Waals surface area contributed by atoms with Crippen LogP contribution >= 0.6 is 0 Å². The lowest BCUT2D eigenvalue weighted by Crippen LogP contribution is -2.51. The molecule has 1 aliphatic rings. The van der Waals surface area contributed by atoms with E-state index in [1.54, 1.807) is 5.12 Å². The molecule has 2 aromatic rings. The van der Waals surface area contributed by atoms with Crippen LogP contribution in [0.5, 0.6) is 0 Å². The molecule has 0 bridgehead atoms. The SMILES string of the molecule is NC1=NC(Cc2ccccc2)N(N)N1Cc1ccccc1. The molecule has 0 saturated heterocycles. The van der Waals surface area contributed by atoms with Gasteiger partial charge in [-0.3, -0.25) is 5.01 Å². The average molecular weight is 281 g/mol. The Hall–Kier alpha value is -2.37. The second-order valence-corrected chi connectivity index (χ2v) is 5.08. The number of nitrogens with zero attached hydrogens (tertiary/aromatic N) is 3. The van der Waals surface area contributed by atoms with Crippen molar-refractivity contribution in [3.05, 3.63) is 71.8 Å². The molecule has 2 aromatic carbocycles. The van der Waals surface area contributed by atoms with E-state index in [1.165, 1.54) is 5.56 Å². The maximum atomic E-state index is 6.17. The van der Waals surface area contributed by atoms with E-state index >= 15 is 0 Å². The van der Waals surface area contributed by atoms with Gasteiger partial charge in [-0.2, -0.15) is 0 Å². The first-order valence-corrected chi connectivity index (χ1v) is 6.96. The number of rotatable bonds is 4. The van der Waals surface area contributed by atoms with E-state index in [0.717, 1.165) is 12.0 Å². The molecule has 1 atom stereocenters. The van der Waals surface area contributed by atoms with E-state index < -0.39 is 0 Å². The van der Waals surface area contributed by atoms with Crippen molar-refractivity contribution in [3.8, 4) is 0 Å². The summed E-state index contributed by atoms with van der Waals surface area (Å²) in [6, 6.07) is 20.2. The summed E-state index contributed by atoms with van der Waals surface area (Å²) in [5.74, 6) is 6.63. The van der Waals surface area contributed by atoms with Gasteiger partial charge in [0.1, 0.15) is 6.17 Å². The molecule has 5 heteroatoms. The van der Waals surface area contributed by atoms with Gasteiger partial charge in [-0.15, -0.1) is 5.12 Å². The maximum absolute atomic E-state index is 6.17. The molecule has 3 rings (SSSR count). The molecule has 108 valence electrons. The van der Waals surface area contributed by atoms with Crippen LogP contribution < -0.4 is 11.6 Å². The van der Waals surface area contributed by atoms with Crippen LogP contribution in [0.2, 0.25) is 0 Å². The number of aliphatic imine (C=N–C) groups is 1. The summed E-state index contributed by atoms with van der Waals surface area (Å²) in [5.41, 5.74) is 8.35. The van der Waals surface area contributed by atoms with Crippen LogP contribution in [0.1, 0.15) is 11.1 Å². The van der Waals surface area contributed by atoms with Gasteiger partial charge >= 0.3 is 0 Å². The van der Waals surface area contributed by atoms with E-state index in [9.17, 15) is 0 Å². The fraction of sp³-hybridized carbons (Fsp3) is 0.188. The van der Waals surface area contributed by atoms with Crippen molar-refractivity contribution in [1.82, 2.24) is 10.1 Å². The summed E-state index contributed by atoms with van der Waals surface area (Å²) in [7, 11) is 0. The molecule has 21 heavy (non-hydrogen) atoms. The van der Waals surface area contributed by atoms with Gasteiger partial charge in [0.15, 0.2) is 0 Å². The van der Waals surface area contributed by atoms with Gasteiger partial charge in [-0.25, -0.2) is 10.8 Å². The van der Waals surface area contributed by atoms with Gasteiger partial charge < -0.3 is 5.73 Å². The zero-order valence-electron chi connectivity index (χ0n) is 11.8. The van der Waals surface area contributed by atoms with Crippen molar-refractivity contribution in [3.63, 3.8) is 0 Å². The Balaban J connectivity index is 1.70. The molecular weight excluding hydrogens is 262 g/mol. The second kappa shape index (κ2) is 5.95. The van der Waals surface area contributed by atoms with E-state index in [1.807, 2.05) is 53.5 Å². The molecule has 4 N–H and O–H groups in total. The highest BCUT2D eigenvalue weighted by molar-refractivity contribution is 5.79. The highest BCUT2D eigenvalue weighted by atomic mass is 15.8. The Labute approximate surface area is 124 Å². The van der Waals surface area contributed by atoms with E-state index in [0.29, 0.717) is 12.5 Å². The van der Waals surface area contributed by atoms with E-state index in [4.69, 9.17) is 11.6 Å². The van der Waals surface area contributed by atoms with Gasteiger partial charge in [-0.1, -0.05) is 60.7 Å². The number of guanidine groups is 1. The van der Waals surface area contributed by atoms with Crippen molar-refractivity contribution in [1.29, 1.82) is 0 Å². The molecule has 1 heterocycles. The lowest BCUT2D eigenvalue weighted by Gasteiger charge is -2.28. The van der Waals surface area contributed by atoms with Gasteiger partial charge in [0.05, 0.1) is 6.54 Å². The van der Waals surface area contributed by atoms with Crippen LogP contribution in [0.4, 0.5) is 0 Å². The molecule has 0 aromatic heterocycles. The summed E-state index contributed by atoms with van der Waals surface area (Å²) >= 11 is 0. The smallest absolute Gasteiger partial charge is 0.209 e. The highest BCUT2D eigenvalue weighted by Crippen LogP contribution is 2.17. The lowest BCUT2D eigenvalue weighted by atomic mass is 10.1. The van der Waals surface area contributed by atoms with Crippen LogP contribution in [-0.4, -0.2) is 22.3 Å². The molecule has 1 unspecified atom stereocenters. The van der Waals surface area contributed by atoms with Crippen molar-refractivity contribution in [2.24, 2.45) is 16.6 Å². The third-order valence-corrected chi connectivity index (χ3v) is 3.57. The molecule has 5 nitrogen and oxygen atoms in total. The Kier molecular flexibility index (Phi) is 3.85. The molecule has 0 spiro atoms. The molecular formula is C16H19N5. The molecule has 0 amide bonds. The van der Waals surface area contributed by atoms with Gasteiger partial charge in [0.25, 0.3) is 0 Å². The molecule has 1 aliphatic heterocycles. The molecule has 0 aliphatic carbocycles. The number of benzene rings is 2. The average Bonchev–Trinajstić information content (AvgIpc) is 2.77. The second-order valence-electron chi connectivity index (χ2n) is 5.08. The fourth-order valence-corrected chi connectivity index (χ4v) is 2.44.